The quantitative estimate of drug-likeness (QED) is 0.105. The average molecular weight is 779 g/mol. The van der Waals surface area contributed by atoms with Crippen LogP contribution >= 0.6 is 11.3 Å². The standard InChI is InChI=1S/C24H21FNS.C13H24O2.Ir/c1-15-22(25)20-11-12-26-23(24(20)27-15)18-13-17-9-5-6-10-19(17)21(14-18)16-7-3-2-4-8-16;1-5-10(6-2)12(14)9-13(15)11(7-3)8-4;/h5-6,9-12,14,16H,2-4,7-8H2,1H3;9-11,14H,5-8H2,1-4H3;/q-1;;/b;12-9-;. The van der Waals surface area contributed by atoms with E-state index in [-0.39, 0.29) is 49.3 Å². The number of pyridine rings is 1. The Labute approximate surface area is 274 Å². The van der Waals surface area contributed by atoms with E-state index in [9.17, 15) is 14.3 Å². The number of aliphatic hydroxyl groups is 1. The van der Waals surface area contributed by atoms with Gasteiger partial charge in [-0.3, -0.25) is 9.78 Å². The predicted octanol–water partition coefficient (Wildman–Crippen LogP) is 11.3. The number of hydrogen-bond acceptors (Lipinski definition) is 4. The van der Waals surface area contributed by atoms with Crippen LogP contribution in [0.5, 0.6) is 0 Å². The number of carbonyl (C=O) groups is 1. The summed E-state index contributed by atoms with van der Waals surface area (Å²) in [4.78, 5) is 17.1. The van der Waals surface area contributed by atoms with E-state index in [2.05, 4.69) is 41.4 Å². The molecule has 43 heavy (non-hydrogen) atoms. The number of aliphatic hydroxyl groups excluding tert-OH is 1. The summed E-state index contributed by atoms with van der Waals surface area (Å²) in [6, 6.07) is 16.1. The summed E-state index contributed by atoms with van der Waals surface area (Å²) < 4.78 is 15.4. The Morgan fingerprint density at radius 3 is 2.33 bits per heavy atom. The second-order valence-corrected chi connectivity index (χ2v) is 12.8. The summed E-state index contributed by atoms with van der Waals surface area (Å²) in [5, 5.41) is 12.9. The number of carbonyl (C=O) groups excluding carboxylic acids is 1. The third-order valence-corrected chi connectivity index (χ3v) is 10.00. The minimum atomic E-state index is -0.119. The topological polar surface area (TPSA) is 50.2 Å². The first-order valence-corrected chi connectivity index (χ1v) is 16.6. The molecule has 2 heterocycles. The van der Waals surface area contributed by atoms with Gasteiger partial charge in [-0.15, -0.1) is 40.5 Å². The Kier molecular flexibility index (Phi) is 13.6. The molecule has 1 aliphatic rings. The molecule has 1 aliphatic carbocycles. The zero-order valence-corrected chi connectivity index (χ0v) is 29.3. The van der Waals surface area contributed by atoms with Crippen LogP contribution in [0.2, 0.25) is 0 Å². The van der Waals surface area contributed by atoms with Gasteiger partial charge in [-0.05, 0) is 57.4 Å². The van der Waals surface area contributed by atoms with Crippen LogP contribution in [-0.4, -0.2) is 15.9 Å². The number of aryl methyl sites for hydroxylation is 1. The van der Waals surface area contributed by atoms with Crippen LogP contribution in [0, 0.1) is 30.6 Å². The van der Waals surface area contributed by atoms with E-state index in [4.69, 9.17) is 0 Å². The molecule has 1 fully saturated rings. The Morgan fingerprint density at radius 1 is 1.02 bits per heavy atom. The van der Waals surface area contributed by atoms with Gasteiger partial charge in [0.05, 0.1) is 5.76 Å². The van der Waals surface area contributed by atoms with E-state index < -0.39 is 0 Å². The molecule has 1 radical (unpaired) electrons. The molecule has 6 heteroatoms. The van der Waals surface area contributed by atoms with Crippen LogP contribution in [0.3, 0.4) is 0 Å². The van der Waals surface area contributed by atoms with Crippen molar-refractivity contribution in [2.45, 2.75) is 98.3 Å². The minimum Gasteiger partial charge on any atom is -0.512 e. The van der Waals surface area contributed by atoms with Gasteiger partial charge in [0.25, 0.3) is 0 Å². The van der Waals surface area contributed by atoms with Crippen LogP contribution in [0.15, 0.2) is 54.4 Å². The molecule has 0 aliphatic heterocycles. The van der Waals surface area contributed by atoms with Crippen molar-refractivity contribution in [2.24, 2.45) is 11.8 Å². The van der Waals surface area contributed by atoms with E-state index in [1.807, 2.05) is 34.6 Å². The maximum Gasteiger partial charge on any atom is 0.162 e. The van der Waals surface area contributed by atoms with E-state index in [0.29, 0.717) is 16.2 Å². The molecule has 0 bridgehead atoms. The van der Waals surface area contributed by atoms with Gasteiger partial charge in [-0.1, -0.05) is 76.1 Å². The van der Waals surface area contributed by atoms with Crippen molar-refractivity contribution in [3.05, 3.63) is 76.8 Å². The zero-order chi connectivity index (χ0) is 30.2. The fourth-order valence-corrected chi connectivity index (χ4v) is 7.25. The van der Waals surface area contributed by atoms with Gasteiger partial charge in [-0.25, -0.2) is 4.39 Å². The number of aromatic nitrogens is 1. The van der Waals surface area contributed by atoms with E-state index in [0.717, 1.165) is 47.0 Å². The van der Waals surface area contributed by atoms with Crippen molar-refractivity contribution in [3.8, 4) is 11.3 Å². The van der Waals surface area contributed by atoms with Crippen LogP contribution in [0.4, 0.5) is 4.39 Å². The predicted molar refractivity (Wildman–Crippen MR) is 176 cm³/mol. The van der Waals surface area contributed by atoms with E-state index in [1.165, 1.54) is 60.5 Å². The molecule has 4 aromatic rings. The van der Waals surface area contributed by atoms with Crippen molar-refractivity contribution in [3.63, 3.8) is 0 Å². The van der Waals surface area contributed by atoms with E-state index >= 15 is 0 Å². The largest absolute Gasteiger partial charge is 0.512 e. The summed E-state index contributed by atoms with van der Waals surface area (Å²) in [6.07, 6.45) is 13.1. The van der Waals surface area contributed by atoms with Gasteiger partial charge in [0.1, 0.15) is 5.82 Å². The summed E-state index contributed by atoms with van der Waals surface area (Å²) in [5.41, 5.74) is 3.25. The fraction of sp³-hybridized carbons (Fsp3) is 0.459. The van der Waals surface area contributed by atoms with Crippen LogP contribution < -0.4 is 0 Å². The maximum absolute atomic E-state index is 14.4. The molecule has 0 spiro atoms. The molecule has 233 valence electrons. The van der Waals surface area contributed by atoms with Crippen molar-refractivity contribution in [2.75, 3.05) is 0 Å². The minimum absolute atomic E-state index is 0. The number of hydrogen-bond donors (Lipinski definition) is 1. The number of thiophene rings is 1. The van der Waals surface area contributed by atoms with Crippen LogP contribution in [0.1, 0.15) is 102 Å². The Morgan fingerprint density at radius 2 is 1.67 bits per heavy atom. The normalized spacial score (nSPS) is 14.2. The number of halogens is 1. The first kappa shape index (κ1) is 35.1. The van der Waals surface area contributed by atoms with Crippen LogP contribution in [0.25, 0.3) is 32.1 Å². The molecule has 2 aromatic carbocycles. The number of rotatable bonds is 9. The van der Waals surface area contributed by atoms with E-state index in [1.54, 1.807) is 12.3 Å². The number of allylic oxidation sites excluding steroid dienone is 2. The SMILES string of the molecule is CCC(CC)C(=O)/C=C(\O)C(CC)CC.Cc1sc2c(-c3[c-]c4ccccc4c(C4CCCCC4)c3)nccc2c1F.[Ir]. The van der Waals surface area contributed by atoms with Crippen molar-refractivity contribution < 1.29 is 34.4 Å². The van der Waals surface area contributed by atoms with Gasteiger partial charge < -0.3 is 5.11 Å². The van der Waals surface area contributed by atoms with Gasteiger partial charge in [-0.2, -0.15) is 0 Å². The molecule has 1 N–H and O–H groups in total. The Bertz CT molecular complexity index is 1530. The third kappa shape index (κ3) is 8.21. The second-order valence-electron chi connectivity index (χ2n) is 11.5. The average Bonchev–Trinajstić information content (AvgIpc) is 3.31. The smallest absolute Gasteiger partial charge is 0.162 e. The summed E-state index contributed by atoms with van der Waals surface area (Å²) >= 11 is 1.49. The van der Waals surface area contributed by atoms with Gasteiger partial charge in [0.2, 0.25) is 0 Å². The number of nitrogens with zero attached hydrogens (tertiary/aromatic N) is 1. The fourth-order valence-electron chi connectivity index (χ4n) is 6.22. The molecule has 0 saturated heterocycles. The molecule has 5 rings (SSSR count). The van der Waals surface area contributed by atoms with Crippen molar-refractivity contribution in [1.29, 1.82) is 0 Å². The molecule has 0 unspecified atom stereocenters. The first-order valence-electron chi connectivity index (χ1n) is 15.8. The molecule has 2 aromatic heterocycles. The first-order chi connectivity index (χ1) is 20.3. The van der Waals surface area contributed by atoms with Crippen LogP contribution in [-0.2, 0) is 24.9 Å². The summed E-state index contributed by atoms with van der Waals surface area (Å²) in [6.45, 7) is 9.91. The molecular weight excluding hydrogens is 734 g/mol. The second kappa shape index (κ2) is 16.6. The molecule has 3 nitrogen and oxygen atoms in total. The molecule has 1 saturated carbocycles. The van der Waals surface area contributed by atoms with Gasteiger partial charge in [0, 0.05) is 64.9 Å². The zero-order valence-electron chi connectivity index (χ0n) is 26.1. The molecule has 0 atom stereocenters. The monoisotopic (exact) mass is 779 g/mol. The number of ketones is 1. The Hall–Kier alpha value is -2.40. The van der Waals surface area contributed by atoms with Gasteiger partial charge in [0.15, 0.2) is 5.78 Å². The maximum atomic E-state index is 14.4. The van der Waals surface area contributed by atoms with Gasteiger partial charge >= 0.3 is 0 Å². The Balaban J connectivity index is 0.000000274. The molecule has 0 amide bonds. The summed E-state index contributed by atoms with van der Waals surface area (Å²) in [5.74, 6) is 1.02. The number of fused-ring (bicyclic) bond motifs is 2. The van der Waals surface area contributed by atoms with Crippen molar-refractivity contribution >= 4 is 38.0 Å². The number of benzene rings is 2. The van der Waals surface area contributed by atoms with Crippen molar-refractivity contribution in [1.82, 2.24) is 4.98 Å². The molecular formula is C37H45FIrNO2S-. The third-order valence-electron chi connectivity index (χ3n) is 8.89. The summed E-state index contributed by atoms with van der Waals surface area (Å²) in [7, 11) is 0.